The molecule has 2 nitrogen and oxygen atoms in total. The number of hydrogen-bond donors (Lipinski definition) is 0. The molecule has 0 aliphatic rings. The van der Waals surface area contributed by atoms with E-state index in [2.05, 4.69) is 48.3 Å². The van der Waals surface area contributed by atoms with Crippen molar-refractivity contribution in [3.63, 3.8) is 0 Å². The molecule has 0 saturated carbocycles. The number of hydrogen-bond acceptors (Lipinski definition) is 2. The minimum absolute atomic E-state index is 0.672. The van der Waals surface area contributed by atoms with Crippen LogP contribution in [0.2, 0.25) is 0 Å². The molecule has 0 fully saturated rings. The number of nitrogens with zero attached hydrogens (tertiary/aromatic N) is 1. The molecule has 0 bridgehead atoms. The summed E-state index contributed by atoms with van der Waals surface area (Å²) in [5, 5.41) is 2.38. The van der Waals surface area contributed by atoms with Gasteiger partial charge in [0.2, 0.25) is 0 Å². The first-order chi connectivity index (χ1) is 9.79. The molecule has 0 N–H and O–H groups in total. The highest BCUT2D eigenvalue weighted by Crippen LogP contribution is 2.31. The van der Waals surface area contributed by atoms with Gasteiger partial charge in [0, 0.05) is 17.1 Å². The molecule has 0 amide bonds. The molecule has 0 spiro atoms. The molecule has 1 aromatic heterocycles. The summed E-state index contributed by atoms with van der Waals surface area (Å²) < 4.78 is 5.61. The second-order valence-corrected chi connectivity index (χ2v) is 4.79. The lowest BCUT2D eigenvalue weighted by molar-refractivity contribution is 0.340. The first kappa shape index (κ1) is 12.7. The highest BCUT2D eigenvalue weighted by molar-refractivity contribution is 5.95. The van der Waals surface area contributed by atoms with Crippen LogP contribution >= 0.6 is 0 Å². The smallest absolute Gasteiger partial charge is 0.119 e. The molecule has 0 aliphatic carbocycles. The van der Waals surface area contributed by atoms with Crippen molar-refractivity contribution in [2.24, 2.45) is 0 Å². The van der Waals surface area contributed by atoms with Gasteiger partial charge in [-0.05, 0) is 43.0 Å². The Morgan fingerprint density at radius 1 is 1.05 bits per heavy atom. The number of rotatable bonds is 3. The van der Waals surface area contributed by atoms with Gasteiger partial charge in [0.25, 0.3) is 0 Å². The van der Waals surface area contributed by atoms with Gasteiger partial charge in [0.1, 0.15) is 5.75 Å². The summed E-state index contributed by atoms with van der Waals surface area (Å²) in [6.07, 6.45) is 1.87. The quantitative estimate of drug-likeness (QED) is 0.688. The van der Waals surface area contributed by atoms with Crippen LogP contribution < -0.4 is 4.74 Å². The monoisotopic (exact) mass is 263 g/mol. The van der Waals surface area contributed by atoms with Gasteiger partial charge in [-0.25, -0.2) is 0 Å². The molecule has 20 heavy (non-hydrogen) atoms. The van der Waals surface area contributed by atoms with E-state index in [0.717, 1.165) is 17.0 Å². The fourth-order valence-electron chi connectivity index (χ4n) is 2.45. The SMILES string of the molecule is CCOc1ccc(C)c(-c2nccc3ccccc23)c1. The van der Waals surface area contributed by atoms with Crippen LogP contribution in [0.15, 0.2) is 54.7 Å². The molecular weight excluding hydrogens is 246 g/mol. The predicted octanol–water partition coefficient (Wildman–Crippen LogP) is 4.61. The fourth-order valence-corrected chi connectivity index (χ4v) is 2.45. The number of fused-ring (bicyclic) bond motifs is 1. The maximum atomic E-state index is 5.61. The highest BCUT2D eigenvalue weighted by atomic mass is 16.5. The first-order valence-electron chi connectivity index (χ1n) is 6.87. The average Bonchev–Trinajstić information content (AvgIpc) is 2.49. The van der Waals surface area contributed by atoms with Crippen molar-refractivity contribution in [3.05, 3.63) is 60.3 Å². The number of ether oxygens (including phenoxy) is 1. The lowest BCUT2D eigenvalue weighted by Gasteiger charge is -2.11. The molecule has 3 rings (SSSR count). The Bertz CT molecular complexity index is 744. The lowest BCUT2D eigenvalue weighted by Crippen LogP contribution is -1.94. The third kappa shape index (κ3) is 2.25. The van der Waals surface area contributed by atoms with Gasteiger partial charge in [-0.3, -0.25) is 4.98 Å². The van der Waals surface area contributed by atoms with Crippen molar-refractivity contribution in [1.82, 2.24) is 4.98 Å². The van der Waals surface area contributed by atoms with Crippen LogP contribution in [0.1, 0.15) is 12.5 Å². The fraction of sp³-hybridized carbons (Fsp3) is 0.167. The van der Waals surface area contributed by atoms with E-state index in [1.54, 1.807) is 0 Å². The zero-order valence-electron chi connectivity index (χ0n) is 11.8. The molecule has 0 unspecified atom stereocenters. The normalized spacial score (nSPS) is 10.7. The van der Waals surface area contributed by atoms with Gasteiger partial charge in [0.05, 0.1) is 12.3 Å². The van der Waals surface area contributed by atoms with Gasteiger partial charge in [0.15, 0.2) is 0 Å². The van der Waals surface area contributed by atoms with Crippen LogP contribution in [0.25, 0.3) is 22.0 Å². The van der Waals surface area contributed by atoms with E-state index >= 15 is 0 Å². The molecule has 0 atom stereocenters. The highest BCUT2D eigenvalue weighted by Gasteiger charge is 2.09. The Kier molecular flexibility index (Phi) is 3.38. The van der Waals surface area contributed by atoms with Crippen LogP contribution in [-0.2, 0) is 0 Å². The maximum Gasteiger partial charge on any atom is 0.119 e. The van der Waals surface area contributed by atoms with Crippen molar-refractivity contribution in [1.29, 1.82) is 0 Å². The molecule has 3 aromatic rings. The van der Waals surface area contributed by atoms with Crippen LogP contribution in [-0.4, -0.2) is 11.6 Å². The summed E-state index contributed by atoms with van der Waals surface area (Å²) in [6, 6.07) is 16.5. The van der Waals surface area contributed by atoms with Crippen molar-refractivity contribution >= 4 is 10.8 Å². The average molecular weight is 263 g/mol. The second-order valence-electron chi connectivity index (χ2n) is 4.79. The standard InChI is InChI=1S/C18H17NO/c1-3-20-15-9-8-13(2)17(12-15)18-16-7-5-4-6-14(16)10-11-19-18/h4-12H,3H2,1-2H3. The molecule has 1 heterocycles. The van der Waals surface area contributed by atoms with Crippen LogP contribution in [0, 0.1) is 6.92 Å². The number of aryl methyl sites for hydroxylation is 1. The van der Waals surface area contributed by atoms with Crippen molar-refractivity contribution in [3.8, 4) is 17.0 Å². The summed E-state index contributed by atoms with van der Waals surface area (Å²) in [6.45, 7) is 4.77. The van der Waals surface area contributed by atoms with E-state index in [-0.39, 0.29) is 0 Å². The van der Waals surface area contributed by atoms with Crippen LogP contribution in [0.3, 0.4) is 0 Å². The molecule has 2 heteroatoms. The van der Waals surface area contributed by atoms with E-state index in [4.69, 9.17) is 4.74 Å². The van der Waals surface area contributed by atoms with Gasteiger partial charge >= 0.3 is 0 Å². The first-order valence-corrected chi connectivity index (χ1v) is 6.87. The van der Waals surface area contributed by atoms with E-state index in [0.29, 0.717) is 6.61 Å². The third-order valence-electron chi connectivity index (χ3n) is 3.45. The summed E-state index contributed by atoms with van der Waals surface area (Å²) in [5.41, 5.74) is 3.35. The summed E-state index contributed by atoms with van der Waals surface area (Å²) in [5.74, 6) is 0.892. The predicted molar refractivity (Wildman–Crippen MR) is 83.1 cm³/mol. The molecule has 0 radical (unpaired) electrons. The Morgan fingerprint density at radius 2 is 1.90 bits per heavy atom. The second kappa shape index (κ2) is 5.33. The summed E-state index contributed by atoms with van der Waals surface area (Å²) in [4.78, 5) is 4.58. The van der Waals surface area contributed by atoms with E-state index < -0.39 is 0 Å². The zero-order valence-corrected chi connectivity index (χ0v) is 11.8. The van der Waals surface area contributed by atoms with Crippen LogP contribution in [0.4, 0.5) is 0 Å². The number of pyridine rings is 1. The number of aromatic nitrogens is 1. The Balaban J connectivity index is 2.22. The number of benzene rings is 2. The van der Waals surface area contributed by atoms with E-state index in [1.807, 2.05) is 25.3 Å². The molecule has 2 aromatic carbocycles. The van der Waals surface area contributed by atoms with Crippen molar-refractivity contribution < 1.29 is 4.74 Å². The van der Waals surface area contributed by atoms with Crippen LogP contribution in [0.5, 0.6) is 5.75 Å². The van der Waals surface area contributed by atoms with Gasteiger partial charge in [-0.1, -0.05) is 30.3 Å². The largest absolute Gasteiger partial charge is 0.494 e. The van der Waals surface area contributed by atoms with Gasteiger partial charge < -0.3 is 4.74 Å². The van der Waals surface area contributed by atoms with Crippen molar-refractivity contribution in [2.45, 2.75) is 13.8 Å². The minimum Gasteiger partial charge on any atom is -0.494 e. The summed E-state index contributed by atoms with van der Waals surface area (Å²) in [7, 11) is 0. The Labute approximate surface area is 119 Å². The third-order valence-corrected chi connectivity index (χ3v) is 3.45. The van der Waals surface area contributed by atoms with E-state index in [9.17, 15) is 0 Å². The lowest BCUT2D eigenvalue weighted by atomic mass is 10.00. The van der Waals surface area contributed by atoms with E-state index in [1.165, 1.54) is 16.3 Å². The maximum absolute atomic E-state index is 5.61. The van der Waals surface area contributed by atoms with Gasteiger partial charge in [-0.2, -0.15) is 0 Å². The summed E-state index contributed by atoms with van der Waals surface area (Å²) >= 11 is 0. The Hall–Kier alpha value is -2.35. The zero-order chi connectivity index (χ0) is 13.9. The topological polar surface area (TPSA) is 22.1 Å². The molecular formula is C18H17NO. The van der Waals surface area contributed by atoms with Gasteiger partial charge in [-0.15, -0.1) is 0 Å². The minimum atomic E-state index is 0.672. The van der Waals surface area contributed by atoms with Crippen molar-refractivity contribution in [2.75, 3.05) is 6.61 Å². The molecule has 100 valence electrons. The molecule has 0 aliphatic heterocycles. The molecule has 0 saturated heterocycles. The Morgan fingerprint density at radius 3 is 2.75 bits per heavy atom.